The molecule has 3 nitrogen and oxygen atoms in total. The molecule has 6 heteroatoms. The Bertz CT molecular complexity index is 1120. The monoisotopic (exact) mass is 386 g/mol. The third kappa shape index (κ3) is 2.76. The Morgan fingerprint density at radius 2 is 1.76 bits per heavy atom. The normalized spacial score (nSPS) is 11.2. The van der Waals surface area contributed by atoms with Gasteiger partial charge in [0.05, 0.1) is 21.1 Å². The van der Waals surface area contributed by atoms with Crippen LogP contribution in [0.15, 0.2) is 54.6 Å². The van der Waals surface area contributed by atoms with Crippen LogP contribution in [0.25, 0.3) is 21.0 Å². The van der Waals surface area contributed by atoms with E-state index in [-0.39, 0.29) is 5.91 Å². The van der Waals surface area contributed by atoms with Crippen molar-refractivity contribution < 1.29 is 4.79 Å². The molecule has 4 rings (SSSR count). The van der Waals surface area contributed by atoms with Crippen molar-refractivity contribution in [1.82, 2.24) is 4.98 Å². The number of anilines is 1. The van der Waals surface area contributed by atoms with Gasteiger partial charge in [0.2, 0.25) is 0 Å². The minimum absolute atomic E-state index is 0.130. The van der Waals surface area contributed by atoms with E-state index in [1.54, 1.807) is 24.1 Å². The summed E-state index contributed by atoms with van der Waals surface area (Å²) < 4.78 is 0.964. The van der Waals surface area contributed by atoms with Crippen LogP contribution < -0.4 is 4.90 Å². The predicted molar refractivity (Wildman–Crippen MR) is 106 cm³/mol. The van der Waals surface area contributed by atoms with E-state index in [1.807, 2.05) is 42.5 Å². The van der Waals surface area contributed by atoms with Gasteiger partial charge in [0.1, 0.15) is 5.15 Å². The lowest BCUT2D eigenvalue weighted by Crippen LogP contribution is -2.25. The lowest BCUT2D eigenvalue weighted by Gasteiger charge is -2.17. The Labute approximate surface area is 158 Å². The van der Waals surface area contributed by atoms with Gasteiger partial charge in [0.15, 0.2) is 0 Å². The first-order valence-corrected chi connectivity index (χ1v) is 9.14. The van der Waals surface area contributed by atoms with Crippen LogP contribution in [0.2, 0.25) is 10.2 Å². The molecule has 0 unspecified atom stereocenters. The molecule has 0 N–H and O–H groups in total. The van der Waals surface area contributed by atoms with Gasteiger partial charge in [-0.1, -0.05) is 53.5 Å². The molecule has 0 aliphatic carbocycles. The first-order chi connectivity index (χ1) is 12.1. The van der Waals surface area contributed by atoms with Crippen molar-refractivity contribution in [2.75, 3.05) is 11.9 Å². The minimum Gasteiger partial charge on any atom is -0.309 e. The highest BCUT2D eigenvalue weighted by Crippen LogP contribution is 2.37. The van der Waals surface area contributed by atoms with Crippen molar-refractivity contribution in [3.8, 4) is 0 Å². The number of thiophene rings is 1. The maximum Gasteiger partial charge on any atom is 0.268 e. The van der Waals surface area contributed by atoms with Crippen molar-refractivity contribution >= 4 is 67.1 Å². The fraction of sp³-hybridized carbons (Fsp3) is 0.0526. The topological polar surface area (TPSA) is 33.2 Å². The number of nitrogens with zero attached hydrogens (tertiary/aromatic N) is 2. The molecule has 0 saturated heterocycles. The van der Waals surface area contributed by atoms with Gasteiger partial charge in [-0.15, -0.1) is 11.3 Å². The van der Waals surface area contributed by atoms with Gasteiger partial charge in [-0.3, -0.25) is 4.79 Å². The second-order valence-electron chi connectivity index (χ2n) is 5.59. The van der Waals surface area contributed by atoms with Crippen LogP contribution in [0.5, 0.6) is 0 Å². The maximum atomic E-state index is 12.9. The number of hydrogen-bond acceptors (Lipinski definition) is 3. The Morgan fingerprint density at radius 1 is 1.04 bits per heavy atom. The molecule has 0 aliphatic heterocycles. The molecule has 0 aliphatic rings. The van der Waals surface area contributed by atoms with Crippen molar-refractivity contribution in [3.63, 3.8) is 0 Å². The van der Waals surface area contributed by atoms with Gasteiger partial charge in [0.25, 0.3) is 5.91 Å². The lowest BCUT2D eigenvalue weighted by molar-refractivity contribution is 0.0997. The minimum atomic E-state index is -0.130. The van der Waals surface area contributed by atoms with Gasteiger partial charge in [-0.2, -0.15) is 0 Å². The number of amides is 1. The second-order valence-corrected chi connectivity index (χ2v) is 7.41. The summed E-state index contributed by atoms with van der Waals surface area (Å²) in [6, 6.07) is 16.8. The maximum absolute atomic E-state index is 12.9. The van der Waals surface area contributed by atoms with Crippen LogP contribution in [-0.4, -0.2) is 17.9 Å². The smallest absolute Gasteiger partial charge is 0.268 e. The largest absolute Gasteiger partial charge is 0.309 e. The molecule has 0 fully saturated rings. The summed E-state index contributed by atoms with van der Waals surface area (Å²) >= 11 is 14.0. The number of pyridine rings is 1. The standard InChI is InChI=1S/C19H12Cl2N2OS/c1-23(15-9-5-3-7-13(15)20)19(24)16-10-12-17(25-16)11-6-2-4-8-14(11)22-18(12)21/h2-10H,1H3. The summed E-state index contributed by atoms with van der Waals surface area (Å²) in [5, 5.41) is 2.72. The van der Waals surface area contributed by atoms with E-state index >= 15 is 0 Å². The SMILES string of the molecule is CN(C(=O)c1cc2c(Cl)nc3ccccc3c2s1)c1ccccc1Cl. The molecule has 0 spiro atoms. The Morgan fingerprint density at radius 3 is 2.56 bits per heavy atom. The third-order valence-corrected chi connectivity index (χ3v) is 5.81. The summed E-state index contributed by atoms with van der Waals surface area (Å²) in [5.74, 6) is -0.130. The molecule has 0 saturated carbocycles. The van der Waals surface area contributed by atoms with E-state index < -0.39 is 0 Å². The summed E-state index contributed by atoms with van der Waals surface area (Å²) in [7, 11) is 1.71. The highest BCUT2D eigenvalue weighted by molar-refractivity contribution is 7.22. The highest BCUT2D eigenvalue weighted by atomic mass is 35.5. The Kier molecular flexibility index (Phi) is 4.12. The molecule has 2 aromatic heterocycles. The lowest BCUT2D eigenvalue weighted by atomic mass is 10.2. The van der Waals surface area contributed by atoms with Crippen LogP contribution in [0, 0.1) is 0 Å². The molecule has 4 aromatic rings. The van der Waals surface area contributed by atoms with Crippen molar-refractivity contribution in [2.24, 2.45) is 0 Å². The van der Waals surface area contributed by atoms with Crippen LogP contribution in [0.3, 0.4) is 0 Å². The fourth-order valence-corrected chi connectivity index (χ4v) is 4.50. The molecule has 124 valence electrons. The number of aromatic nitrogens is 1. The Balaban J connectivity index is 1.84. The number of carbonyl (C=O) groups excluding carboxylic acids is 1. The number of halogens is 2. The average Bonchev–Trinajstić information content (AvgIpc) is 3.07. The van der Waals surface area contributed by atoms with E-state index in [4.69, 9.17) is 23.2 Å². The second kappa shape index (κ2) is 6.30. The van der Waals surface area contributed by atoms with E-state index in [1.165, 1.54) is 11.3 Å². The fourth-order valence-electron chi connectivity index (χ4n) is 2.78. The van der Waals surface area contributed by atoms with Crippen LogP contribution >= 0.6 is 34.5 Å². The molecule has 0 atom stereocenters. The number of para-hydroxylation sites is 2. The predicted octanol–water partition coefficient (Wildman–Crippen LogP) is 6.03. The van der Waals surface area contributed by atoms with Crippen LogP contribution in [0.1, 0.15) is 9.67 Å². The number of hydrogen-bond donors (Lipinski definition) is 0. The van der Waals surface area contributed by atoms with E-state index in [0.717, 1.165) is 21.0 Å². The average molecular weight is 387 g/mol. The van der Waals surface area contributed by atoms with Gasteiger partial charge in [-0.05, 0) is 24.3 Å². The first kappa shape index (κ1) is 16.3. The van der Waals surface area contributed by atoms with Gasteiger partial charge < -0.3 is 4.90 Å². The molecule has 0 radical (unpaired) electrons. The first-order valence-electron chi connectivity index (χ1n) is 7.56. The molecule has 1 amide bonds. The molecule has 2 heterocycles. The van der Waals surface area contributed by atoms with Crippen LogP contribution in [-0.2, 0) is 0 Å². The summed E-state index contributed by atoms with van der Waals surface area (Å²) in [4.78, 5) is 19.5. The number of rotatable bonds is 2. The quantitative estimate of drug-likeness (QED) is 0.393. The van der Waals surface area contributed by atoms with E-state index in [0.29, 0.717) is 20.7 Å². The number of fused-ring (bicyclic) bond motifs is 3. The number of carbonyl (C=O) groups is 1. The van der Waals surface area contributed by atoms with Gasteiger partial charge in [0, 0.05) is 22.5 Å². The molecule has 0 bridgehead atoms. The zero-order valence-corrected chi connectivity index (χ0v) is 15.5. The molecular formula is C19H12Cl2N2OS. The zero-order chi connectivity index (χ0) is 17.6. The van der Waals surface area contributed by atoms with E-state index in [9.17, 15) is 4.79 Å². The summed E-state index contributed by atoms with van der Waals surface area (Å²) in [6.07, 6.45) is 0. The molecular weight excluding hydrogens is 375 g/mol. The molecule has 2 aromatic carbocycles. The van der Waals surface area contributed by atoms with Crippen LogP contribution in [0.4, 0.5) is 5.69 Å². The Hall–Kier alpha value is -2.14. The summed E-state index contributed by atoms with van der Waals surface area (Å²) in [5.41, 5.74) is 1.49. The highest BCUT2D eigenvalue weighted by Gasteiger charge is 2.20. The van der Waals surface area contributed by atoms with Gasteiger partial charge in [-0.25, -0.2) is 4.98 Å². The van der Waals surface area contributed by atoms with Crippen molar-refractivity contribution in [1.29, 1.82) is 0 Å². The summed E-state index contributed by atoms with van der Waals surface area (Å²) in [6.45, 7) is 0. The van der Waals surface area contributed by atoms with Crippen molar-refractivity contribution in [3.05, 3.63) is 69.7 Å². The van der Waals surface area contributed by atoms with Gasteiger partial charge >= 0.3 is 0 Å². The zero-order valence-electron chi connectivity index (χ0n) is 13.2. The molecule has 25 heavy (non-hydrogen) atoms. The van der Waals surface area contributed by atoms with Crippen molar-refractivity contribution in [2.45, 2.75) is 0 Å². The van der Waals surface area contributed by atoms with E-state index in [2.05, 4.69) is 4.98 Å². The number of benzene rings is 2. The third-order valence-electron chi connectivity index (χ3n) is 4.05.